The first-order valence-corrected chi connectivity index (χ1v) is 42.1. The topological polar surface area (TPSA) is 0 Å². The normalized spacial score (nSPS) is 38.4. The fourth-order valence-electron chi connectivity index (χ4n) is 17.7. The highest BCUT2D eigenvalue weighted by molar-refractivity contribution is 4.94. The minimum atomic E-state index is 0.681. The number of rotatable bonds is 7. The van der Waals surface area contributed by atoms with Crippen LogP contribution in [0.4, 0.5) is 0 Å². The molecule has 0 aliphatic heterocycles. The summed E-state index contributed by atoms with van der Waals surface area (Å²) in [6, 6.07) is 0. The summed E-state index contributed by atoms with van der Waals surface area (Å²) in [5.74, 6) is 22.0. The van der Waals surface area contributed by atoms with Crippen LogP contribution in [0.2, 0.25) is 0 Å². The van der Waals surface area contributed by atoms with E-state index in [4.69, 9.17) is 0 Å². The Hall–Kier alpha value is 0. The molecule has 0 amide bonds. The van der Waals surface area contributed by atoms with Gasteiger partial charge in [-0.1, -0.05) is 279 Å². The van der Waals surface area contributed by atoms with Crippen molar-refractivity contribution < 1.29 is 0 Å². The first kappa shape index (κ1) is 87.1. The Morgan fingerprint density at radius 2 is 0.571 bits per heavy atom. The van der Waals surface area contributed by atoms with Gasteiger partial charge in [-0.2, -0.15) is 0 Å². The second kappa shape index (κ2) is 40.9. The Balaban J connectivity index is 0.000000336. The highest BCUT2D eigenvalue weighted by Gasteiger charge is 2.44. The zero-order valence-corrected chi connectivity index (χ0v) is 69.5. The molecule has 14 saturated carbocycles. The molecular formula is C91H180. The Bertz CT molecular complexity index is 1630. The van der Waals surface area contributed by atoms with E-state index in [0.29, 0.717) is 21.7 Å². The molecule has 0 bridgehead atoms. The standard InChI is InChI=1S/C7H12.12C7H14/c1-5-4-7(5)6-2-3-6;2*1-6-4-7(2,3)5-6;2*1-6-4-5-7(6,2)3;2*1-5-4-6(2)7(5)3;2*1-3-7-4-6(2)5-7;2*1-3-7(2)5-4-6-7;2*1-3-7-5-4-6(7)2/h5-7H,2-4H2,1H3;4*6H,4-5H2,1-3H3;2*5-7H,4H2,1-3H3;2*6-7H,3-5H2,1-2H3;2*3-6H2,1-2H3;2*6-7H,3-5H2,1-2H3/t5-,7?;;;6-;;5-,6?,7?;;;;;;6-,7?;/m0..0.0.....0./s1. The van der Waals surface area contributed by atoms with Crippen LogP contribution >= 0.6 is 0 Å². The van der Waals surface area contributed by atoms with E-state index in [-0.39, 0.29) is 0 Å². The quantitative estimate of drug-likeness (QED) is 0.238. The Labute approximate surface area is 580 Å². The van der Waals surface area contributed by atoms with Crippen molar-refractivity contribution in [2.75, 3.05) is 0 Å². The summed E-state index contributed by atoms with van der Waals surface area (Å²) in [6.45, 7) is 72.4. The number of hydrogen-bond donors (Lipinski definition) is 0. The van der Waals surface area contributed by atoms with E-state index in [2.05, 4.69) is 215 Å². The van der Waals surface area contributed by atoms with Gasteiger partial charge in [0.05, 0.1) is 0 Å². The molecule has 91 heavy (non-hydrogen) atoms. The molecule has 0 nitrogen and oxygen atoms in total. The lowest BCUT2D eigenvalue weighted by molar-refractivity contribution is 0.0891. The molecule has 544 valence electrons. The fraction of sp³-hybridized carbons (Fsp3) is 1.00. The molecule has 9 unspecified atom stereocenters. The van der Waals surface area contributed by atoms with Crippen molar-refractivity contribution >= 4 is 0 Å². The minimum Gasteiger partial charge on any atom is -0.0651 e. The van der Waals surface area contributed by atoms with Gasteiger partial charge in [0.1, 0.15) is 0 Å². The monoisotopic (exact) mass is 1270 g/mol. The lowest BCUT2D eigenvalue weighted by atomic mass is 9.64. The van der Waals surface area contributed by atoms with E-state index in [9.17, 15) is 0 Å². The highest BCUT2D eigenvalue weighted by atomic mass is 14.5. The summed E-state index contributed by atoms with van der Waals surface area (Å²) in [6.07, 6.45) is 48.3. The van der Waals surface area contributed by atoms with Gasteiger partial charge in [0.2, 0.25) is 0 Å². The van der Waals surface area contributed by atoms with Crippen molar-refractivity contribution in [3.8, 4) is 0 Å². The first-order chi connectivity index (χ1) is 42.1. The molecule has 14 fully saturated rings. The largest absolute Gasteiger partial charge is 0.0651 e. The molecule has 14 aliphatic rings. The van der Waals surface area contributed by atoms with Crippen LogP contribution in [0.25, 0.3) is 0 Å². The minimum absolute atomic E-state index is 0.681. The van der Waals surface area contributed by atoms with E-state index in [0.717, 1.165) is 123 Å². The summed E-state index contributed by atoms with van der Waals surface area (Å²) >= 11 is 0. The van der Waals surface area contributed by atoms with Crippen LogP contribution in [0, 0.1) is 157 Å². The third-order valence-corrected chi connectivity index (χ3v) is 29.8. The van der Waals surface area contributed by atoms with E-state index in [1.165, 1.54) is 204 Å². The van der Waals surface area contributed by atoms with Gasteiger partial charge in [-0.05, 0) is 304 Å². The maximum absolute atomic E-state index is 2.39. The average Bonchev–Trinajstić information content (AvgIpc) is 1.74. The van der Waals surface area contributed by atoms with E-state index in [1.54, 1.807) is 19.3 Å². The second-order valence-electron chi connectivity index (χ2n) is 40.7. The summed E-state index contributed by atoms with van der Waals surface area (Å²) in [4.78, 5) is 0. The van der Waals surface area contributed by atoms with Crippen LogP contribution in [0.3, 0.4) is 0 Å². The molecule has 0 N–H and O–H groups in total. The van der Waals surface area contributed by atoms with Crippen molar-refractivity contribution in [3.05, 3.63) is 0 Å². The fourth-order valence-corrected chi connectivity index (χ4v) is 17.7. The average molecular weight is 1270 g/mol. The predicted molar refractivity (Wildman–Crippen MR) is 416 cm³/mol. The van der Waals surface area contributed by atoms with Gasteiger partial charge in [-0.25, -0.2) is 0 Å². The third kappa shape index (κ3) is 33.1. The Kier molecular flexibility index (Phi) is 39.2. The van der Waals surface area contributed by atoms with E-state index >= 15 is 0 Å². The molecule has 0 heteroatoms. The molecule has 0 aromatic heterocycles. The maximum atomic E-state index is 2.39. The van der Waals surface area contributed by atoms with Crippen LogP contribution < -0.4 is 0 Å². The summed E-state index contributed by atoms with van der Waals surface area (Å²) < 4.78 is 0. The van der Waals surface area contributed by atoms with Crippen molar-refractivity contribution in [2.24, 2.45) is 157 Å². The molecule has 13 atom stereocenters. The van der Waals surface area contributed by atoms with Crippen molar-refractivity contribution in [3.63, 3.8) is 0 Å². The zero-order chi connectivity index (χ0) is 69.5. The molecule has 0 saturated heterocycles. The van der Waals surface area contributed by atoms with Gasteiger partial charge in [0.25, 0.3) is 0 Å². The highest BCUT2D eigenvalue weighted by Crippen LogP contribution is 2.54. The molecule has 14 aliphatic carbocycles. The number of hydrogen-bond acceptors (Lipinski definition) is 0. The van der Waals surface area contributed by atoms with Crippen LogP contribution in [0.5, 0.6) is 0 Å². The van der Waals surface area contributed by atoms with Gasteiger partial charge >= 0.3 is 0 Å². The maximum Gasteiger partial charge on any atom is -0.0328 e. The van der Waals surface area contributed by atoms with Gasteiger partial charge in [0, 0.05) is 0 Å². The molecule has 0 spiro atoms. The third-order valence-electron chi connectivity index (χ3n) is 29.8. The van der Waals surface area contributed by atoms with Gasteiger partial charge < -0.3 is 0 Å². The smallest absolute Gasteiger partial charge is 0.0328 e. The molecule has 14 rings (SSSR count). The van der Waals surface area contributed by atoms with Gasteiger partial charge in [0.15, 0.2) is 0 Å². The first-order valence-electron chi connectivity index (χ1n) is 42.1. The summed E-state index contributed by atoms with van der Waals surface area (Å²) in [5, 5.41) is 0. The molecule has 0 aromatic rings. The van der Waals surface area contributed by atoms with Crippen molar-refractivity contribution in [2.45, 2.75) is 427 Å². The van der Waals surface area contributed by atoms with Crippen LogP contribution in [0.15, 0.2) is 0 Å². The molecule has 0 aromatic carbocycles. The van der Waals surface area contributed by atoms with E-state index < -0.39 is 0 Å². The molecule has 0 heterocycles. The molecular weight excluding hydrogens is 1090 g/mol. The second-order valence-corrected chi connectivity index (χ2v) is 40.7. The van der Waals surface area contributed by atoms with Crippen molar-refractivity contribution in [1.82, 2.24) is 0 Å². The van der Waals surface area contributed by atoms with Crippen LogP contribution in [0.1, 0.15) is 427 Å². The van der Waals surface area contributed by atoms with Crippen LogP contribution in [-0.4, -0.2) is 0 Å². The lowest BCUT2D eigenvalue weighted by Gasteiger charge is -2.42. The van der Waals surface area contributed by atoms with Crippen molar-refractivity contribution in [1.29, 1.82) is 0 Å². The summed E-state index contributed by atoms with van der Waals surface area (Å²) in [5.41, 5.74) is 4.28. The van der Waals surface area contributed by atoms with Gasteiger partial charge in [-0.15, -0.1) is 0 Å². The SMILES string of the molecule is CC1CC(C)(C)C1.CC1CC(C)(C)C1.CC1CC(C)C1C.CC1CCC1(C)C.CC1C[C@H](C)C1C.CCC1(C)CCC1.CCC1(C)CCC1.CCC1CC(C)C1.CCC1CC(C)C1.CCC1CCC1C.CCC1CC[C@@H]1C.C[C@H]1CC1C1CC1.C[C@H]1CCC1(C)C. The zero-order valence-electron chi connectivity index (χ0n) is 69.5. The van der Waals surface area contributed by atoms with Gasteiger partial charge in [-0.3, -0.25) is 0 Å². The van der Waals surface area contributed by atoms with E-state index in [1.807, 2.05) is 0 Å². The predicted octanol–water partition coefficient (Wildman–Crippen LogP) is 31.4. The molecule has 0 radical (unpaired) electrons. The summed E-state index contributed by atoms with van der Waals surface area (Å²) in [7, 11) is 0. The lowest BCUT2D eigenvalue weighted by Crippen LogP contribution is -2.31. The van der Waals surface area contributed by atoms with Crippen LogP contribution in [-0.2, 0) is 0 Å². The Morgan fingerprint density at radius 1 is 0.286 bits per heavy atom. The Morgan fingerprint density at radius 3 is 0.593 bits per heavy atom.